The van der Waals surface area contributed by atoms with Crippen LogP contribution in [0.1, 0.15) is 27.0 Å². The second-order valence-corrected chi connectivity index (χ2v) is 10.6. The Hall–Kier alpha value is -3.51. The first-order valence-corrected chi connectivity index (χ1v) is 12.9. The molecule has 7 nitrogen and oxygen atoms in total. The van der Waals surface area contributed by atoms with E-state index in [1.54, 1.807) is 49.5 Å². The number of nitriles is 1. The summed E-state index contributed by atoms with van der Waals surface area (Å²) in [6.45, 7) is 3.27. The lowest BCUT2D eigenvalue weighted by Gasteiger charge is -2.34. The molecule has 180 valence electrons. The minimum atomic E-state index is -3.70. The van der Waals surface area contributed by atoms with E-state index in [1.807, 2.05) is 18.2 Å². The Bertz CT molecular complexity index is 1310. The number of sulfonamides is 1. The summed E-state index contributed by atoms with van der Waals surface area (Å²) in [5.74, 6) is -0.265. The number of carbonyl (C=O) groups excluding carboxylic acids is 1. The van der Waals surface area contributed by atoms with Gasteiger partial charge < -0.3 is 4.90 Å². The van der Waals surface area contributed by atoms with Crippen LogP contribution in [0.3, 0.4) is 0 Å². The van der Waals surface area contributed by atoms with Crippen LogP contribution in [-0.4, -0.2) is 61.7 Å². The van der Waals surface area contributed by atoms with Crippen molar-refractivity contribution in [3.63, 3.8) is 0 Å². The first-order chi connectivity index (χ1) is 16.9. The lowest BCUT2D eigenvalue weighted by molar-refractivity contribution is 0.0785. The van der Waals surface area contributed by atoms with Gasteiger partial charge in [0.1, 0.15) is 0 Å². The molecular weight excluding hydrogens is 460 g/mol. The Balaban J connectivity index is 1.40. The molecule has 0 N–H and O–H groups in total. The number of hydrogen-bond acceptors (Lipinski definition) is 5. The third-order valence-electron chi connectivity index (χ3n) is 6.15. The molecule has 1 aliphatic heterocycles. The summed E-state index contributed by atoms with van der Waals surface area (Å²) in [6, 6.07) is 25.5. The quantitative estimate of drug-likeness (QED) is 0.509. The fraction of sp³-hybridized carbons (Fsp3) is 0.259. The Kier molecular flexibility index (Phi) is 7.61. The Labute approximate surface area is 206 Å². The van der Waals surface area contributed by atoms with Crippen LogP contribution in [-0.2, 0) is 23.1 Å². The van der Waals surface area contributed by atoms with E-state index in [0.717, 1.165) is 12.1 Å². The van der Waals surface area contributed by atoms with Crippen molar-refractivity contribution < 1.29 is 13.2 Å². The molecule has 0 saturated carbocycles. The van der Waals surface area contributed by atoms with Gasteiger partial charge in [0.25, 0.3) is 5.91 Å². The monoisotopic (exact) mass is 488 g/mol. The molecule has 1 saturated heterocycles. The van der Waals surface area contributed by atoms with Crippen molar-refractivity contribution in [3.05, 3.63) is 101 Å². The van der Waals surface area contributed by atoms with Crippen molar-refractivity contribution in [2.75, 3.05) is 33.2 Å². The second kappa shape index (κ2) is 10.8. The van der Waals surface area contributed by atoms with Crippen molar-refractivity contribution in [1.82, 2.24) is 14.1 Å². The van der Waals surface area contributed by atoms with E-state index in [9.17, 15) is 13.2 Å². The molecule has 35 heavy (non-hydrogen) atoms. The van der Waals surface area contributed by atoms with Crippen molar-refractivity contribution in [2.45, 2.75) is 18.0 Å². The molecule has 8 heteroatoms. The minimum absolute atomic E-state index is 0.131. The smallest absolute Gasteiger partial charge is 0.253 e. The van der Waals surface area contributed by atoms with Gasteiger partial charge in [0.2, 0.25) is 10.0 Å². The van der Waals surface area contributed by atoms with Gasteiger partial charge in [0.05, 0.1) is 16.5 Å². The van der Waals surface area contributed by atoms with E-state index in [4.69, 9.17) is 5.26 Å². The number of hydrogen-bond donors (Lipinski definition) is 0. The average Bonchev–Trinajstić information content (AvgIpc) is 2.89. The molecule has 0 bridgehead atoms. The number of nitrogens with zero attached hydrogens (tertiary/aromatic N) is 4. The molecule has 4 rings (SSSR count). The lowest BCUT2D eigenvalue weighted by atomic mass is 10.1. The Morgan fingerprint density at radius 1 is 0.914 bits per heavy atom. The highest BCUT2D eigenvalue weighted by Gasteiger charge is 2.29. The highest BCUT2D eigenvalue weighted by atomic mass is 32.2. The van der Waals surface area contributed by atoms with Gasteiger partial charge in [-0.2, -0.15) is 9.57 Å². The summed E-state index contributed by atoms with van der Waals surface area (Å²) in [4.78, 5) is 16.9. The standard InChI is InChI=1S/C27H28N4O3S/c1-29(20-24-12-10-22(19-28)11-13-24)27(32)25-8-5-9-26(18-25)35(33,34)31-16-14-30(15-17-31)21-23-6-3-2-4-7-23/h2-13,18H,14-17,20-21H2,1H3. The first kappa shape index (κ1) is 24.6. The molecule has 0 aliphatic carbocycles. The van der Waals surface area contributed by atoms with Crippen LogP contribution in [0.4, 0.5) is 0 Å². The Morgan fingerprint density at radius 3 is 2.26 bits per heavy atom. The maximum atomic E-state index is 13.3. The average molecular weight is 489 g/mol. The van der Waals surface area contributed by atoms with E-state index in [1.165, 1.54) is 20.8 Å². The van der Waals surface area contributed by atoms with Crippen molar-refractivity contribution >= 4 is 15.9 Å². The van der Waals surface area contributed by atoms with E-state index < -0.39 is 10.0 Å². The maximum absolute atomic E-state index is 13.3. The van der Waals surface area contributed by atoms with Gasteiger partial charge in [0.15, 0.2) is 0 Å². The van der Waals surface area contributed by atoms with Gasteiger partial charge >= 0.3 is 0 Å². The maximum Gasteiger partial charge on any atom is 0.253 e. The molecular formula is C27H28N4O3S. The predicted molar refractivity (Wildman–Crippen MR) is 134 cm³/mol. The summed E-state index contributed by atoms with van der Waals surface area (Å²) in [5.41, 5.74) is 2.98. The molecule has 1 heterocycles. The zero-order valence-corrected chi connectivity index (χ0v) is 20.5. The molecule has 1 fully saturated rings. The molecule has 1 amide bonds. The highest BCUT2D eigenvalue weighted by Crippen LogP contribution is 2.21. The SMILES string of the molecule is CN(Cc1ccc(C#N)cc1)C(=O)c1cccc(S(=O)(=O)N2CCN(Cc3ccccc3)CC2)c1. The largest absolute Gasteiger partial charge is 0.337 e. The molecule has 0 radical (unpaired) electrons. The van der Waals surface area contributed by atoms with E-state index >= 15 is 0 Å². The van der Waals surface area contributed by atoms with E-state index in [0.29, 0.717) is 43.9 Å². The molecule has 1 aliphatic rings. The van der Waals surface area contributed by atoms with E-state index in [2.05, 4.69) is 23.1 Å². The minimum Gasteiger partial charge on any atom is -0.337 e. The van der Waals surface area contributed by atoms with Crippen LogP contribution in [0, 0.1) is 11.3 Å². The summed E-state index contributed by atoms with van der Waals surface area (Å²) in [5, 5.41) is 8.94. The fourth-order valence-electron chi connectivity index (χ4n) is 4.16. The van der Waals surface area contributed by atoms with E-state index in [-0.39, 0.29) is 10.8 Å². The van der Waals surface area contributed by atoms with Crippen LogP contribution < -0.4 is 0 Å². The van der Waals surface area contributed by atoms with Crippen LogP contribution in [0.2, 0.25) is 0 Å². The first-order valence-electron chi connectivity index (χ1n) is 11.5. The van der Waals surface area contributed by atoms with Gasteiger partial charge in [-0.1, -0.05) is 48.5 Å². The predicted octanol–water partition coefficient (Wildman–Crippen LogP) is 3.34. The fourth-order valence-corrected chi connectivity index (χ4v) is 5.63. The van der Waals surface area contributed by atoms with Crippen LogP contribution >= 0.6 is 0 Å². The summed E-state index contributed by atoms with van der Waals surface area (Å²) >= 11 is 0. The molecule has 0 spiro atoms. The van der Waals surface area contributed by atoms with Crippen LogP contribution in [0.25, 0.3) is 0 Å². The molecule has 3 aromatic rings. The van der Waals surface area contributed by atoms with Gasteiger partial charge in [-0.25, -0.2) is 8.42 Å². The van der Waals surface area contributed by atoms with Crippen molar-refractivity contribution in [2.24, 2.45) is 0 Å². The molecule has 0 atom stereocenters. The van der Waals surface area contributed by atoms with Gasteiger partial charge in [-0.05, 0) is 41.5 Å². The number of benzene rings is 3. The Morgan fingerprint density at radius 2 is 1.60 bits per heavy atom. The van der Waals surface area contributed by atoms with Gasteiger partial charge in [-0.3, -0.25) is 9.69 Å². The summed E-state index contributed by atoms with van der Waals surface area (Å²) < 4.78 is 28.1. The van der Waals surface area contributed by atoms with Gasteiger partial charge in [-0.15, -0.1) is 0 Å². The zero-order valence-electron chi connectivity index (χ0n) is 19.7. The number of carbonyl (C=O) groups is 1. The number of rotatable bonds is 7. The van der Waals surface area contributed by atoms with Crippen LogP contribution in [0.15, 0.2) is 83.8 Å². The number of piperazine rings is 1. The third-order valence-corrected chi connectivity index (χ3v) is 8.04. The van der Waals surface area contributed by atoms with Crippen LogP contribution in [0.5, 0.6) is 0 Å². The molecule has 0 unspecified atom stereocenters. The van der Waals surface area contributed by atoms with Gasteiger partial charge in [0, 0.05) is 51.9 Å². The molecule has 0 aromatic heterocycles. The topological polar surface area (TPSA) is 84.7 Å². The number of amides is 1. The summed E-state index contributed by atoms with van der Waals surface area (Å²) in [6.07, 6.45) is 0. The highest BCUT2D eigenvalue weighted by molar-refractivity contribution is 7.89. The van der Waals surface area contributed by atoms with Crippen molar-refractivity contribution in [3.8, 4) is 6.07 Å². The molecule has 3 aromatic carbocycles. The summed E-state index contributed by atoms with van der Waals surface area (Å²) in [7, 11) is -2.03. The van der Waals surface area contributed by atoms with Crippen molar-refractivity contribution in [1.29, 1.82) is 5.26 Å². The normalized spacial score (nSPS) is 14.9. The zero-order chi connectivity index (χ0) is 24.8. The second-order valence-electron chi connectivity index (χ2n) is 8.66. The lowest BCUT2D eigenvalue weighted by Crippen LogP contribution is -2.48. The third kappa shape index (κ3) is 5.95.